The first kappa shape index (κ1) is 9.90. The maximum absolute atomic E-state index is 10.3. The second-order valence-corrected chi connectivity index (χ2v) is 2.19. The maximum Gasteiger partial charge on any atom is 0.306 e. The molecule has 0 rings (SSSR count). The predicted octanol–water partition coefficient (Wildman–Crippen LogP) is -1.04. The smallest absolute Gasteiger partial charge is 0.306 e. The van der Waals surface area contributed by atoms with Crippen LogP contribution in [-0.2, 0) is 9.59 Å². The van der Waals surface area contributed by atoms with Crippen LogP contribution in [0.4, 0.5) is 0 Å². The van der Waals surface area contributed by atoms with Crippen molar-refractivity contribution in [1.82, 2.24) is 5.32 Å². The molecule has 1 unspecified atom stereocenters. The summed E-state index contributed by atoms with van der Waals surface area (Å²) in [7, 11) is 0. The lowest BCUT2D eigenvalue weighted by molar-refractivity contribution is -0.139. The predicted molar refractivity (Wildman–Crippen MR) is 36.9 cm³/mol. The zero-order valence-corrected chi connectivity index (χ0v) is 6.20. The van der Waals surface area contributed by atoms with Crippen molar-refractivity contribution in [3.8, 4) is 0 Å². The molecule has 0 aromatic carbocycles. The molecule has 0 heterocycles. The number of hydrogen-bond acceptors (Lipinski definition) is 3. The molecule has 64 valence electrons. The van der Waals surface area contributed by atoms with Gasteiger partial charge in [-0.3, -0.25) is 9.59 Å². The molecule has 0 radical (unpaired) electrons. The fourth-order valence-corrected chi connectivity index (χ4v) is 0.535. The van der Waals surface area contributed by atoms with E-state index >= 15 is 0 Å². The number of hydrogen-bond donors (Lipinski definition) is 3. The maximum atomic E-state index is 10.3. The summed E-state index contributed by atoms with van der Waals surface area (Å²) in [5.41, 5.74) is 0. The van der Waals surface area contributed by atoms with Gasteiger partial charge < -0.3 is 15.5 Å². The van der Waals surface area contributed by atoms with Crippen LogP contribution in [0.25, 0.3) is 0 Å². The largest absolute Gasteiger partial charge is 0.481 e. The molecule has 3 N–H and O–H groups in total. The average Bonchev–Trinajstić information content (AvgIpc) is 1.82. The molecule has 0 aromatic rings. The van der Waals surface area contributed by atoms with Crippen LogP contribution in [0.3, 0.4) is 0 Å². The van der Waals surface area contributed by atoms with Gasteiger partial charge >= 0.3 is 5.97 Å². The highest BCUT2D eigenvalue weighted by Crippen LogP contribution is 1.88. The van der Waals surface area contributed by atoms with Gasteiger partial charge in [0.15, 0.2) is 0 Å². The highest BCUT2D eigenvalue weighted by atomic mass is 16.4. The minimum Gasteiger partial charge on any atom is -0.481 e. The number of carbonyl (C=O) groups excluding carboxylic acids is 1. The van der Waals surface area contributed by atoms with Gasteiger partial charge in [-0.25, -0.2) is 0 Å². The van der Waals surface area contributed by atoms with E-state index in [1.54, 1.807) is 0 Å². The van der Waals surface area contributed by atoms with Crippen LogP contribution in [0.1, 0.15) is 13.3 Å². The van der Waals surface area contributed by atoms with E-state index in [0.29, 0.717) is 0 Å². The third-order valence-electron chi connectivity index (χ3n) is 0.997. The van der Waals surface area contributed by atoms with Crippen molar-refractivity contribution >= 4 is 11.9 Å². The summed E-state index contributed by atoms with van der Waals surface area (Å²) in [4.78, 5) is 20.2. The minimum absolute atomic E-state index is 0.0123. The summed E-state index contributed by atoms with van der Waals surface area (Å²) in [6.45, 7) is 1.29. The van der Waals surface area contributed by atoms with Crippen molar-refractivity contribution in [1.29, 1.82) is 0 Å². The summed E-state index contributed by atoms with van der Waals surface area (Å²) in [5.74, 6) is -1.36. The summed E-state index contributed by atoms with van der Waals surface area (Å²) < 4.78 is 0. The lowest BCUT2D eigenvalue weighted by Gasteiger charge is -2.06. The van der Waals surface area contributed by atoms with Crippen molar-refractivity contribution in [3.05, 3.63) is 0 Å². The van der Waals surface area contributed by atoms with E-state index in [1.807, 2.05) is 0 Å². The van der Waals surface area contributed by atoms with Crippen LogP contribution in [0.2, 0.25) is 0 Å². The van der Waals surface area contributed by atoms with Gasteiger partial charge in [0.2, 0.25) is 5.91 Å². The summed E-state index contributed by atoms with van der Waals surface area (Å²) >= 11 is 0. The number of aliphatic carboxylic acids is 1. The van der Waals surface area contributed by atoms with Gasteiger partial charge in [0.25, 0.3) is 0 Å². The molecule has 1 atom stereocenters. The quantitative estimate of drug-likeness (QED) is 0.491. The molecule has 5 nitrogen and oxygen atoms in total. The van der Waals surface area contributed by atoms with Crippen molar-refractivity contribution in [2.24, 2.45) is 0 Å². The average molecular weight is 161 g/mol. The second kappa shape index (κ2) is 4.68. The van der Waals surface area contributed by atoms with E-state index in [0.717, 1.165) is 0 Å². The lowest BCUT2D eigenvalue weighted by atomic mass is 10.2. The minimum atomic E-state index is -1.08. The third-order valence-corrected chi connectivity index (χ3v) is 0.997. The van der Waals surface area contributed by atoms with Gasteiger partial charge in [0.1, 0.15) is 0 Å². The molecule has 1 amide bonds. The van der Waals surface area contributed by atoms with E-state index in [4.69, 9.17) is 10.2 Å². The number of aliphatic hydroxyl groups is 1. The van der Waals surface area contributed by atoms with Crippen LogP contribution in [0, 0.1) is 0 Å². The summed E-state index contributed by atoms with van der Waals surface area (Å²) in [6, 6.07) is 0. The summed E-state index contributed by atoms with van der Waals surface area (Å²) in [5, 5.41) is 19.3. The van der Waals surface area contributed by atoms with E-state index in [2.05, 4.69) is 5.32 Å². The van der Waals surface area contributed by atoms with E-state index in [1.165, 1.54) is 6.92 Å². The first-order valence-corrected chi connectivity index (χ1v) is 3.16. The van der Waals surface area contributed by atoms with Crippen LogP contribution >= 0.6 is 0 Å². The molecule has 0 saturated heterocycles. The Kier molecular flexibility index (Phi) is 4.21. The first-order chi connectivity index (χ1) is 5.02. The highest BCUT2D eigenvalue weighted by molar-refractivity contribution is 5.73. The Morgan fingerprint density at radius 1 is 1.55 bits per heavy atom. The van der Waals surface area contributed by atoms with Crippen LogP contribution in [0.5, 0.6) is 0 Å². The molecule has 0 aliphatic rings. The lowest BCUT2D eigenvalue weighted by Crippen LogP contribution is -2.31. The molecule has 0 aliphatic carbocycles. The standard InChI is InChI=1S/C6H11NO4/c1-4(8)7-3-5(9)2-6(10)11/h5,9H,2-3H2,1H3,(H,7,8)(H,10,11). The van der Waals surface area contributed by atoms with E-state index in [-0.39, 0.29) is 18.9 Å². The molecule has 0 aromatic heterocycles. The SMILES string of the molecule is CC(=O)NCC(O)CC(=O)O. The third kappa shape index (κ3) is 6.79. The van der Waals surface area contributed by atoms with E-state index < -0.39 is 12.1 Å². The fraction of sp³-hybridized carbons (Fsp3) is 0.667. The number of aliphatic hydroxyl groups excluding tert-OH is 1. The van der Waals surface area contributed by atoms with Gasteiger partial charge in [-0.1, -0.05) is 0 Å². The normalized spacial score (nSPS) is 12.2. The van der Waals surface area contributed by atoms with Gasteiger partial charge in [-0.2, -0.15) is 0 Å². The van der Waals surface area contributed by atoms with Crippen LogP contribution in [0.15, 0.2) is 0 Å². The number of nitrogens with one attached hydrogen (secondary N) is 1. The Morgan fingerprint density at radius 2 is 2.09 bits per heavy atom. The molecule has 0 fully saturated rings. The van der Waals surface area contributed by atoms with Crippen molar-refractivity contribution < 1.29 is 19.8 Å². The molecule has 0 bridgehead atoms. The van der Waals surface area contributed by atoms with Crippen molar-refractivity contribution in [3.63, 3.8) is 0 Å². The van der Waals surface area contributed by atoms with Gasteiger partial charge in [0, 0.05) is 13.5 Å². The molecule has 0 spiro atoms. The Morgan fingerprint density at radius 3 is 2.45 bits per heavy atom. The number of carboxylic acids is 1. The zero-order chi connectivity index (χ0) is 8.85. The van der Waals surface area contributed by atoms with Crippen molar-refractivity contribution in [2.75, 3.05) is 6.54 Å². The van der Waals surface area contributed by atoms with Gasteiger partial charge in [0.05, 0.1) is 12.5 Å². The Labute approximate surface area is 64.0 Å². The first-order valence-electron chi connectivity index (χ1n) is 3.16. The summed E-state index contributed by atoms with van der Waals surface area (Å²) in [6.07, 6.45) is -1.35. The Balaban J connectivity index is 3.44. The Bertz CT molecular complexity index is 157. The monoisotopic (exact) mass is 161 g/mol. The number of carbonyl (C=O) groups is 2. The van der Waals surface area contributed by atoms with Crippen LogP contribution in [-0.4, -0.2) is 34.7 Å². The number of amides is 1. The topological polar surface area (TPSA) is 86.6 Å². The number of rotatable bonds is 4. The Hall–Kier alpha value is -1.10. The number of carboxylic acid groups (broad SMARTS) is 1. The molecular weight excluding hydrogens is 150 g/mol. The second-order valence-electron chi connectivity index (χ2n) is 2.19. The van der Waals surface area contributed by atoms with E-state index in [9.17, 15) is 9.59 Å². The molecule has 11 heavy (non-hydrogen) atoms. The molecule has 0 saturated carbocycles. The fourth-order valence-electron chi connectivity index (χ4n) is 0.535. The van der Waals surface area contributed by atoms with Crippen molar-refractivity contribution in [2.45, 2.75) is 19.4 Å². The van der Waals surface area contributed by atoms with Gasteiger partial charge in [-0.05, 0) is 0 Å². The highest BCUT2D eigenvalue weighted by Gasteiger charge is 2.08. The molecular formula is C6H11NO4. The van der Waals surface area contributed by atoms with Crippen LogP contribution < -0.4 is 5.32 Å². The molecule has 5 heteroatoms. The molecule has 0 aliphatic heterocycles. The van der Waals surface area contributed by atoms with Gasteiger partial charge in [-0.15, -0.1) is 0 Å². The zero-order valence-electron chi connectivity index (χ0n) is 6.20.